The summed E-state index contributed by atoms with van der Waals surface area (Å²) in [5.74, 6) is 0. The predicted octanol–water partition coefficient (Wildman–Crippen LogP) is 18.6. The van der Waals surface area contributed by atoms with Gasteiger partial charge in [0, 0.05) is 60.5 Å². The topological polar surface area (TPSA) is 41.1 Å². The lowest BCUT2D eigenvalue weighted by atomic mass is 9.85. The molecule has 0 radical (unpaired) electrons. The molecule has 6 heteroatoms. The first-order valence-corrected chi connectivity index (χ1v) is 25.8. The van der Waals surface area contributed by atoms with E-state index in [-0.39, 0.29) is 10.8 Å². The zero-order valence-electron chi connectivity index (χ0n) is 42.3. The molecule has 0 aliphatic heterocycles. The molecule has 0 amide bonds. The Kier molecular flexibility index (Phi) is 8.80. The lowest BCUT2D eigenvalue weighted by molar-refractivity contribution is 0.591. The van der Waals surface area contributed by atoms with E-state index in [1.54, 1.807) is 0 Å². The highest BCUT2D eigenvalue weighted by molar-refractivity contribution is 6.33. The molecule has 0 spiro atoms. The summed E-state index contributed by atoms with van der Waals surface area (Å²) in [7, 11) is 0. The maximum Gasteiger partial charge on any atom is 0.165 e. The first-order chi connectivity index (χ1) is 36.0. The van der Waals surface area contributed by atoms with Gasteiger partial charge >= 0.3 is 0 Å². The largest absolute Gasteiger partial charge is 0.308 e. The van der Waals surface area contributed by atoms with Crippen LogP contribution in [-0.4, -0.2) is 18.8 Å². The van der Waals surface area contributed by atoms with Crippen LogP contribution in [0.4, 0.5) is 34.1 Å². The molecule has 0 N–H and O–H groups in total. The monoisotopic (exact) mass is 952 g/mol. The molecule has 0 saturated heterocycles. The number of hydrogen-bond acceptors (Lipinski definition) is 4. The third kappa shape index (κ3) is 5.99. The highest BCUT2D eigenvalue weighted by Gasteiger charge is 2.32. The van der Waals surface area contributed by atoms with E-state index in [0.717, 1.165) is 100 Å². The fraction of sp³-hybridized carbons (Fsp3) is 0.118. The van der Waals surface area contributed by atoms with Gasteiger partial charge < -0.3 is 9.80 Å². The Hall–Kier alpha value is -9.00. The number of aromatic nitrogens is 4. The molecule has 0 unspecified atom stereocenters. The molecular weight excluding hydrogens is 901 g/mol. The van der Waals surface area contributed by atoms with E-state index in [2.05, 4.69) is 266 Å². The zero-order valence-corrected chi connectivity index (χ0v) is 42.3. The molecule has 0 bridgehead atoms. The lowest BCUT2D eigenvalue weighted by Gasteiger charge is -2.29. The minimum atomic E-state index is -0.151. The number of nitrogens with zero attached hydrogens (tertiary/aromatic N) is 6. The van der Waals surface area contributed by atoms with Crippen molar-refractivity contribution in [3.05, 3.63) is 217 Å². The first kappa shape index (κ1) is 42.7. The molecule has 5 aromatic heterocycles. The Morgan fingerprint density at radius 1 is 0.338 bits per heavy atom. The molecule has 10 aromatic carbocycles. The van der Waals surface area contributed by atoms with E-state index in [4.69, 9.17) is 9.97 Å². The van der Waals surface area contributed by atoms with Crippen molar-refractivity contribution in [3.63, 3.8) is 0 Å². The third-order valence-corrected chi connectivity index (χ3v) is 15.7. The van der Waals surface area contributed by atoms with Crippen LogP contribution in [-0.2, 0) is 10.8 Å². The normalized spacial score (nSPS) is 12.7. The summed E-state index contributed by atoms with van der Waals surface area (Å²) in [5, 5.41) is 11.7. The summed E-state index contributed by atoms with van der Waals surface area (Å²) >= 11 is 0. The van der Waals surface area contributed by atoms with Gasteiger partial charge in [0.05, 0.1) is 33.4 Å². The van der Waals surface area contributed by atoms with Crippen LogP contribution in [0.2, 0.25) is 0 Å². The summed E-state index contributed by atoms with van der Waals surface area (Å²) in [4.78, 5) is 17.0. The zero-order chi connectivity index (χ0) is 49.8. The molecule has 5 heterocycles. The smallest absolute Gasteiger partial charge is 0.165 e. The van der Waals surface area contributed by atoms with Crippen LogP contribution in [0.15, 0.2) is 206 Å². The van der Waals surface area contributed by atoms with E-state index in [9.17, 15) is 0 Å². The van der Waals surface area contributed by atoms with Gasteiger partial charge in [-0.2, -0.15) is 0 Å². The molecule has 0 atom stereocenters. The SMILES string of the molecule is CC(C)(C)c1cc(N(c2ccccc2)c2ccccc2)c2c(c1)c1cc3ccccc3c3c4nc5c(nc4n2c13)c1cc(C(C)(C)C)cc2c3cc4ccccc4c(N(c4ccccc4)c4ccccc4)c3n5c21. The molecule has 0 aliphatic carbocycles. The Balaban J connectivity index is 1.18. The van der Waals surface area contributed by atoms with Gasteiger partial charge in [0.1, 0.15) is 11.0 Å². The molecule has 6 nitrogen and oxygen atoms in total. The highest BCUT2D eigenvalue weighted by atomic mass is 15.2. The van der Waals surface area contributed by atoms with E-state index in [0.29, 0.717) is 0 Å². The van der Waals surface area contributed by atoms with Gasteiger partial charge in [-0.1, -0.05) is 163 Å². The van der Waals surface area contributed by atoms with Crippen LogP contribution in [0, 0.1) is 0 Å². The second-order valence-electron chi connectivity index (χ2n) is 22.3. The third-order valence-electron chi connectivity index (χ3n) is 15.7. The number of benzene rings is 10. The standard InChI is InChI=1S/C68H52N6/c1-67(2,3)43-37-53-52-36-42-24-20-22-34-50(42)63(72(47-29-15-9-16-30-47)48-31-17-10-18-32-48)64(52)73-60(53)55(39-43)58-65(73)70-59-57-49-33-21-19-23-41(49)35-51-54-38-44(68(4,5)6)40-56(61(54)74(62(51)57)66(59)69-58)71(45-25-11-7-12-26-45)46-27-13-8-14-28-46/h7-40H,1-6H3. The second kappa shape index (κ2) is 15.3. The van der Waals surface area contributed by atoms with Gasteiger partial charge in [-0.25, -0.2) is 9.97 Å². The van der Waals surface area contributed by atoms with E-state index < -0.39 is 0 Å². The van der Waals surface area contributed by atoms with Crippen molar-refractivity contribution >= 4 is 132 Å². The van der Waals surface area contributed by atoms with E-state index in [1.165, 1.54) is 43.4 Å². The second-order valence-corrected chi connectivity index (χ2v) is 22.3. The first-order valence-electron chi connectivity index (χ1n) is 25.8. The Morgan fingerprint density at radius 3 is 1.31 bits per heavy atom. The van der Waals surface area contributed by atoms with Crippen molar-refractivity contribution < 1.29 is 0 Å². The molecule has 15 aromatic rings. The minimum Gasteiger partial charge on any atom is -0.308 e. The van der Waals surface area contributed by atoms with Gasteiger partial charge in [-0.15, -0.1) is 0 Å². The molecule has 354 valence electrons. The Bertz CT molecular complexity index is 4640. The molecule has 0 fully saturated rings. The van der Waals surface area contributed by atoms with Crippen molar-refractivity contribution in [3.8, 4) is 0 Å². The van der Waals surface area contributed by atoms with Gasteiger partial charge in [0.15, 0.2) is 11.3 Å². The van der Waals surface area contributed by atoms with Crippen LogP contribution in [0.5, 0.6) is 0 Å². The molecule has 15 rings (SSSR count). The molecule has 74 heavy (non-hydrogen) atoms. The van der Waals surface area contributed by atoms with Crippen molar-refractivity contribution in [1.82, 2.24) is 18.8 Å². The fourth-order valence-corrected chi connectivity index (χ4v) is 12.2. The van der Waals surface area contributed by atoms with Crippen LogP contribution in [0.1, 0.15) is 52.7 Å². The van der Waals surface area contributed by atoms with Gasteiger partial charge in [0.25, 0.3) is 0 Å². The van der Waals surface area contributed by atoms with E-state index >= 15 is 0 Å². The fourth-order valence-electron chi connectivity index (χ4n) is 12.2. The Labute approximate surface area is 428 Å². The maximum atomic E-state index is 6.08. The number of fused-ring (bicyclic) bond motifs is 15. The number of rotatable bonds is 6. The number of anilines is 6. The number of hydrogen-bond donors (Lipinski definition) is 0. The van der Waals surface area contributed by atoms with Crippen molar-refractivity contribution in [2.24, 2.45) is 0 Å². The number of para-hydroxylation sites is 4. The van der Waals surface area contributed by atoms with Gasteiger partial charge in [-0.05, 0) is 123 Å². The summed E-state index contributed by atoms with van der Waals surface area (Å²) in [5.41, 5.74) is 16.8. The van der Waals surface area contributed by atoms with Gasteiger partial charge in [-0.3, -0.25) is 8.80 Å². The summed E-state index contributed by atoms with van der Waals surface area (Å²) < 4.78 is 4.94. The van der Waals surface area contributed by atoms with Crippen LogP contribution >= 0.6 is 0 Å². The lowest BCUT2D eigenvalue weighted by Crippen LogP contribution is -2.15. The van der Waals surface area contributed by atoms with Crippen molar-refractivity contribution in [2.75, 3.05) is 9.80 Å². The van der Waals surface area contributed by atoms with Crippen LogP contribution < -0.4 is 9.80 Å². The molecular formula is C68H52N6. The van der Waals surface area contributed by atoms with Crippen molar-refractivity contribution in [1.29, 1.82) is 0 Å². The van der Waals surface area contributed by atoms with E-state index in [1.807, 2.05) is 0 Å². The van der Waals surface area contributed by atoms with Gasteiger partial charge in [0.2, 0.25) is 0 Å². The molecule has 0 aliphatic rings. The average molecular weight is 953 g/mol. The average Bonchev–Trinajstić information content (AvgIpc) is 4.17. The quantitative estimate of drug-likeness (QED) is 0.167. The van der Waals surface area contributed by atoms with Crippen LogP contribution in [0.25, 0.3) is 98.3 Å². The summed E-state index contributed by atoms with van der Waals surface area (Å²) in [6, 6.07) is 75.5. The van der Waals surface area contributed by atoms with Crippen molar-refractivity contribution in [2.45, 2.75) is 52.4 Å². The predicted molar refractivity (Wildman–Crippen MR) is 313 cm³/mol. The Morgan fingerprint density at radius 2 is 0.743 bits per heavy atom. The van der Waals surface area contributed by atoms with Crippen LogP contribution in [0.3, 0.4) is 0 Å². The highest BCUT2D eigenvalue weighted by Crippen LogP contribution is 2.52. The maximum absolute atomic E-state index is 6.08. The minimum absolute atomic E-state index is 0.140. The molecule has 0 saturated carbocycles. The summed E-state index contributed by atoms with van der Waals surface area (Å²) in [6.45, 7) is 13.9. The summed E-state index contributed by atoms with van der Waals surface area (Å²) in [6.07, 6.45) is 0.